The molecule has 50 heavy (non-hydrogen) atoms. The lowest BCUT2D eigenvalue weighted by Gasteiger charge is -2.27. The first-order valence-electron chi connectivity index (χ1n) is 18.8. The average molecular weight is 725 g/mol. The van der Waals surface area contributed by atoms with Crippen LogP contribution in [0.3, 0.4) is 0 Å². The number of rotatable bonds is 30. The Morgan fingerprint density at radius 2 is 1.16 bits per heavy atom. The minimum absolute atomic E-state index is 0.0666. The van der Waals surface area contributed by atoms with Crippen molar-refractivity contribution in [1.82, 2.24) is 5.32 Å². The van der Waals surface area contributed by atoms with Gasteiger partial charge in [-0.3, -0.25) is 23.7 Å². The standard InChI is InChI=1S/C38H64N2O9S/c1-4-6-7-8-9-10-11-12-13-14-15-16-17-18-23-40-36(42)32(26-31(35(39)41)24-28(3)37(43)44)27-33(38(45)46)25-29(5-2)30-19-21-34(22-20-30)50(47,48)49/h19-22,28-29,31-33H,4-18,23-27H2,1-3H3,(H2,39,41)(H,40,42)(H,43,44)(H,45,46)(H,47,48,49). The maximum absolute atomic E-state index is 13.5. The number of carbonyl (C=O) groups excluding carboxylic acids is 2. The molecule has 286 valence electrons. The van der Waals surface area contributed by atoms with Crippen LogP contribution in [0.5, 0.6) is 0 Å². The molecule has 0 aliphatic heterocycles. The highest BCUT2D eigenvalue weighted by Gasteiger charge is 2.34. The van der Waals surface area contributed by atoms with Gasteiger partial charge in [-0.1, -0.05) is 116 Å². The molecule has 0 aliphatic rings. The van der Waals surface area contributed by atoms with Gasteiger partial charge in [0, 0.05) is 18.4 Å². The van der Waals surface area contributed by atoms with E-state index in [1.54, 1.807) is 0 Å². The number of carbonyl (C=O) groups is 4. The summed E-state index contributed by atoms with van der Waals surface area (Å²) in [5.41, 5.74) is 6.33. The fraction of sp³-hybridized carbons (Fsp3) is 0.737. The summed E-state index contributed by atoms with van der Waals surface area (Å²) in [5.74, 6) is -7.29. The van der Waals surface area contributed by atoms with Crippen LogP contribution in [0.2, 0.25) is 0 Å². The van der Waals surface area contributed by atoms with Gasteiger partial charge in [0.1, 0.15) is 0 Å². The summed E-state index contributed by atoms with van der Waals surface area (Å²) in [5, 5.41) is 22.6. The molecule has 1 aromatic rings. The van der Waals surface area contributed by atoms with Crippen molar-refractivity contribution in [3.05, 3.63) is 29.8 Å². The summed E-state index contributed by atoms with van der Waals surface area (Å²) < 4.78 is 32.3. The van der Waals surface area contributed by atoms with Gasteiger partial charge in [-0.05, 0) is 62.1 Å². The molecule has 1 aromatic carbocycles. The fourth-order valence-corrected chi connectivity index (χ4v) is 7.10. The van der Waals surface area contributed by atoms with Gasteiger partial charge in [0.15, 0.2) is 0 Å². The molecule has 5 atom stereocenters. The quantitative estimate of drug-likeness (QED) is 0.0389. The molecular weight excluding hydrogens is 660 g/mol. The van der Waals surface area contributed by atoms with Crippen LogP contribution in [0, 0.1) is 23.7 Å². The van der Waals surface area contributed by atoms with Gasteiger partial charge in [-0.15, -0.1) is 0 Å². The predicted octanol–water partition coefficient (Wildman–Crippen LogP) is 7.72. The number of carboxylic acid groups (broad SMARTS) is 2. The Hall–Kier alpha value is -2.99. The second kappa shape index (κ2) is 25.0. The summed E-state index contributed by atoms with van der Waals surface area (Å²) in [6.45, 7) is 5.98. The number of aliphatic carboxylic acids is 2. The molecule has 11 nitrogen and oxygen atoms in total. The van der Waals surface area contributed by atoms with Crippen LogP contribution >= 0.6 is 0 Å². The fourth-order valence-electron chi connectivity index (χ4n) is 6.62. The molecule has 2 amide bonds. The summed E-state index contributed by atoms with van der Waals surface area (Å²) >= 11 is 0. The maximum Gasteiger partial charge on any atom is 0.306 e. The number of unbranched alkanes of at least 4 members (excludes halogenated alkanes) is 13. The van der Waals surface area contributed by atoms with Gasteiger partial charge < -0.3 is 21.3 Å². The van der Waals surface area contributed by atoms with Crippen molar-refractivity contribution in [1.29, 1.82) is 0 Å². The molecule has 0 saturated heterocycles. The Kier molecular flexibility index (Phi) is 22.6. The minimum atomic E-state index is -4.38. The van der Waals surface area contributed by atoms with E-state index < -0.39 is 51.6 Å². The minimum Gasteiger partial charge on any atom is -0.481 e. The van der Waals surface area contributed by atoms with Crippen LogP contribution in [-0.2, 0) is 29.3 Å². The second-order valence-electron chi connectivity index (χ2n) is 14.0. The van der Waals surface area contributed by atoms with E-state index in [9.17, 15) is 42.4 Å². The monoisotopic (exact) mass is 724 g/mol. The van der Waals surface area contributed by atoms with Crippen molar-refractivity contribution in [3.8, 4) is 0 Å². The molecule has 0 aromatic heterocycles. The summed E-state index contributed by atoms with van der Waals surface area (Å²) in [7, 11) is -4.38. The first kappa shape index (κ1) is 45.0. The van der Waals surface area contributed by atoms with E-state index in [0.29, 0.717) is 18.5 Å². The van der Waals surface area contributed by atoms with E-state index in [1.807, 2.05) is 6.92 Å². The number of hydrogen-bond acceptors (Lipinski definition) is 6. The average Bonchev–Trinajstić information content (AvgIpc) is 3.06. The first-order chi connectivity index (χ1) is 23.7. The van der Waals surface area contributed by atoms with Crippen LogP contribution in [-0.4, -0.2) is 53.5 Å². The van der Waals surface area contributed by atoms with Crippen molar-refractivity contribution < 1.29 is 42.4 Å². The topological polar surface area (TPSA) is 201 Å². The van der Waals surface area contributed by atoms with Gasteiger partial charge in [0.2, 0.25) is 11.8 Å². The summed E-state index contributed by atoms with van der Waals surface area (Å²) in [6, 6.07) is 5.59. The van der Waals surface area contributed by atoms with Crippen LogP contribution in [0.1, 0.15) is 154 Å². The Morgan fingerprint density at radius 3 is 1.58 bits per heavy atom. The Morgan fingerprint density at radius 1 is 0.680 bits per heavy atom. The molecule has 0 aliphatic carbocycles. The molecule has 6 N–H and O–H groups in total. The lowest BCUT2D eigenvalue weighted by Crippen LogP contribution is -2.38. The van der Waals surface area contributed by atoms with Crippen molar-refractivity contribution in [3.63, 3.8) is 0 Å². The molecule has 0 saturated carbocycles. The maximum atomic E-state index is 13.5. The summed E-state index contributed by atoms with van der Waals surface area (Å²) in [6.07, 6.45) is 17.4. The molecule has 1 rings (SSSR count). The van der Waals surface area contributed by atoms with Gasteiger partial charge in [-0.2, -0.15) is 8.42 Å². The number of nitrogens with one attached hydrogen (secondary N) is 1. The van der Waals surface area contributed by atoms with Crippen molar-refractivity contribution in [2.75, 3.05) is 6.54 Å². The van der Waals surface area contributed by atoms with E-state index in [4.69, 9.17) is 5.73 Å². The molecule has 12 heteroatoms. The Labute approximate surface area is 300 Å². The van der Waals surface area contributed by atoms with Crippen molar-refractivity contribution in [2.24, 2.45) is 29.4 Å². The highest BCUT2D eigenvalue weighted by Crippen LogP contribution is 2.33. The highest BCUT2D eigenvalue weighted by molar-refractivity contribution is 7.85. The molecule has 5 unspecified atom stereocenters. The second-order valence-corrected chi connectivity index (χ2v) is 15.5. The van der Waals surface area contributed by atoms with Gasteiger partial charge in [-0.25, -0.2) is 0 Å². The van der Waals surface area contributed by atoms with Crippen molar-refractivity contribution >= 4 is 33.9 Å². The van der Waals surface area contributed by atoms with E-state index in [-0.39, 0.29) is 42.4 Å². The number of carboxylic acids is 2. The zero-order valence-corrected chi connectivity index (χ0v) is 31.4. The smallest absolute Gasteiger partial charge is 0.306 e. The van der Waals surface area contributed by atoms with Gasteiger partial charge in [0.25, 0.3) is 10.1 Å². The number of amides is 2. The molecule has 0 spiro atoms. The van der Waals surface area contributed by atoms with E-state index in [2.05, 4.69) is 12.2 Å². The SMILES string of the molecule is CCCCCCCCCCCCCCCCNC(=O)C(CC(CC(C)C(=O)O)C(N)=O)CC(CC(CC)c1ccc(S(=O)(=O)O)cc1)C(=O)O. The number of nitrogens with two attached hydrogens (primary N) is 1. The third kappa shape index (κ3) is 18.8. The third-order valence-corrected chi connectivity index (χ3v) is 10.7. The van der Waals surface area contributed by atoms with Crippen LogP contribution in [0.4, 0.5) is 0 Å². The molecule has 0 fully saturated rings. The van der Waals surface area contributed by atoms with Crippen LogP contribution in [0.15, 0.2) is 29.2 Å². The molecular formula is C38H64N2O9S. The van der Waals surface area contributed by atoms with Crippen molar-refractivity contribution in [2.45, 2.75) is 154 Å². The van der Waals surface area contributed by atoms with E-state index >= 15 is 0 Å². The summed E-state index contributed by atoms with van der Waals surface area (Å²) in [4.78, 5) is 49.6. The zero-order chi connectivity index (χ0) is 37.5. The number of primary amides is 1. The van der Waals surface area contributed by atoms with E-state index in [0.717, 1.165) is 25.7 Å². The van der Waals surface area contributed by atoms with Crippen LogP contribution in [0.25, 0.3) is 0 Å². The number of benzene rings is 1. The number of hydrogen-bond donors (Lipinski definition) is 5. The molecule has 0 heterocycles. The Balaban J connectivity index is 2.81. The predicted molar refractivity (Wildman–Crippen MR) is 195 cm³/mol. The highest BCUT2D eigenvalue weighted by atomic mass is 32.2. The lowest BCUT2D eigenvalue weighted by atomic mass is 9.78. The first-order valence-corrected chi connectivity index (χ1v) is 20.2. The lowest BCUT2D eigenvalue weighted by molar-refractivity contribution is -0.143. The third-order valence-electron chi connectivity index (χ3n) is 9.86. The van der Waals surface area contributed by atoms with Gasteiger partial charge in [0.05, 0.1) is 16.7 Å². The van der Waals surface area contributed by atoms with Gasteiger partial charge >= 0.3 is 11.9 Å². The van der Waals surface area contributed by atoms with Crippen LogP contribution < -0.4 is 11.1 Å². The molecule has 0 bridgehead atoms. The van der Waals surface area contributed by atoms with E-state index in [1.165, 1.54) is 95.4 Å². The zero-order valence-electron chi connectivity index (χ0n) is 30.6. The largest absolute Gasteiger partial charge is 0.481 e. The molecule has 0 radical (unpaired) electrons. The normalized spacial score (nSPS) is 14.7. The Bertz CT molecular complexity index is 1250.